The molecular weight excluding hydrogens is 250 g/mol. The van der Waals surface area contributed by atoms with Gasteiger partial charge in [0, 0.05) is 19.6 Å². The van der Waals surface area contributed by atoms with E-state index in [-0.39, 0.29) is 11.9 Å². The molecule has 1 aromatic rings. The number of carbonyl (C=O) groups excluding carboxylic acids is 1. The van der Waals surface area contributed by atoms with Gasteiger partial charge in [0.15, 0.2) is 0 Å². The summed E-state index contributed by atoms with van der Waals surface area (Å²) in [6.07, 6.45) is 0. The Labute approximate surface area is 123 Å². The molecule has 1 atom stereocenters. The maximum atomic E-state index is 11.3. The van der Waals surface area contributed by atoms with E-state index < -0.39 is 0 Å². The SMILES string of the molecule is CC(C)CNC(=O)[C@H](C)NCCN.Cc1ccccc1. The maximum absolute atomic E-state index is 11.3. The normalized spacial score (nSPS) is 11.5. The van der Waals surface area contributed by atoms with E-state index in [0.717, 1.165) is 6.54 Å². The van der Waals surface area contributed by atoms with Crippen LogP contribution in [0.1, 0.15) is 26.3 Å². The van der Waals surface area contributed by atoms with Gasteiger partial charge in [-0.25, -0.2) is 0 Å². The predicted molar refractivity (Wildman–Crippen MR) is 85.5 cm³/mol. The third-order valence-corrected chi connectivity index (χ3v) is 2.61. The lowest BCUT2D eigenvalue weighted by Crippen LogP contribution is -2.44. The van der Waals surface area contributed by atoms with Crippen LogP contribution in [0.25, 0.3) is 0 Å². The third-order valence-electron chi connectivity index (χ3n) is 2.61. The first-order chi connectivity index (χ1) is 9.47. The molecule has 0 aromatic heterocycles. The van der Waals surface area contributed by atoms with Crippen molar-refractivity contribution in [2.75, 3.05) is 19.6 Å². The van der Waals surface area contributed by atoms with Crippen molar-refractivity contribution in [3.05, 3.63) is 35.9 Å². The summed E-state index contributed by atoms with van der Waals surface area (Å²) in [5.74, 6) is 0.535. The molecule has 4 heteroatoms. The van der Waals surface area contributed by atoms with Gasteiger partial charge >= 0.3 is 0 Å². The summed E-state index contributed by atoms with van der Waals surface area (Å²) in [6, 6.07) is 10.1. The Hall–Kier alpha value is -1.39. The van der Waals surface area contributed by atoms with Crippen molar-refractivity contribution in [1.29, 1.82) is 0 Å². The van der Waals surface area contributed by atoms with Crippen LogP contribution in [0, 0.1) is 12.8 Å². The van der Waals surface area contributed by atoms with Crippen molar-refractivity contribution in [1.82, 2.24) is 10.6 Å². The van der Waals surface area contributed by atoms with E-state index in [9.17, 15) is 4.79 Å². The Morgan fingerprint density at radius 1 is 1.20 bits per heavy atom. The Bertz CT molecular complexity index is 352. The molecule has 4 nitrogen and oxygen atoms in total. The van der Waals surface area contributed by atoms with Gasteiger partial charge in [0.25, 0.3) is 0 Å². The number of amides is 1. The zero-order valence-corrected chi connectivity index (χ0v) is 13.1. The van der Waals surface area contributed by atoms with Crippen LogP contribution >= 0.6 is 0 Å². The molecule has 1 rings (SSSR count). The summed E-state index contributed by atoms with van der Waals surface area (Å²) in [5.41, 5.74) is 6.63. The first kappa shape index (κ1) is 18.6. The van der Waals surface area contributed by atoms with Gasteiger partial charge in [-0.1, -0.05) is 49.7 Å². The fourth-order valence-corrected chi connectivity index (χ4v) is 1.38. The van der Waals surface area contributed by atoms with Crippen molar-refractivity contribution >= 4 is 5.91 Å². The monoisotopic (exact) mass is 279 g/mol. The Kier molecular flexibility index (Phi) is 10.6. The number of nitrogens with two attached hydrogens (primary N) is 1. The topological polar surface area (TPSA) is 67.2 Å². The molecule has 1 aromatic carbocycles. The van der Waals surface area contributed by atoms with Crippen LogP contribution in [0.15, 0.2) is 30.3 Å². The highest BCUT2D eigenvalue weighted by Gasteiger charge is 2.10. The van der Waals surface area contributed by atoms with E-state index in [2.05, 4.69) is 43.5 Å². The molecule has 1 amide bonds. The minimum Gasteiger partial charge on any atom is -0.354 e. The van der Waals surface area contributed by atoms with Crippen LogP contribution in [0.3, 0.4) is 0 Å². The first-order valence-corrected chi connectivity index (χ1v) is 7.20. The number of hydrogen-bond acceptors (Lipinski definition) is 3. The van der Waals surface area contributed by atoms with E-state index in [0.29, 0.717) is 19.0 Å². The molecule has 0 fully saturated rings. The molecular formula is C16H29N3O. The van der Waals surface area contributed by atoms with Crippen LogP contribution in [0.4, 0.5) is 0 Å². The van der Waals surface area contributed by atoms with E-state index in [1.54, 1.807) is 0 Å². The van der Waals surface area contributed by atoms with E-state index >= 15 is 0 Å². The van der Waals surface area contributed by atoms with Crippen molar-refractivity contribution in [2.45, 2.75) is 33.7 Å². The number of rotatable bonds is 6. The molecule has 0 aliphatic rings. The molecule has 4 N–H and O–H groups in total. The van der Waals surface area contributed by atoms with Gasteiger partial charge in [-0.15, -0.1) is 0 Å². The second kappa shape index (κ2) is 11.4. The summed E-state index contributed by atoms with van der Waals surface area (Å²) in [6.45, 7) is 10.0. The number of carbonyl (C=O) groups is 1. The largest absolute Gasteiger partial charge is 0.354 e. The molecule has 20 heavy (non-hydrogen) atoms. The highest BCUT2D eigenvalue weighted by atomic mass is 16.2. The lowest BCUT2D eigenvalue weighted by Gasteiger charge is -2.14. The van der Waals surface area contributed by atoms with Crippen LogP contribution in [0.2, 0.25) is 0 Å². The Balaban J connectivity index is 0.000000428. The molecule has 0 heterocycles. The third kappa shape index (κ3) is 10.5. The average molecular weight is 279 g/mol. The summed E-state index contributed by atoms with van der Waals surface area (Å²) in [5, 5.41) is 5.87. The fourth-order valence-electron chi connectivity index (χ4n) is 1.38. The second-order valence-corrected chi connectivity index (χ2v) is 5.26. The first-order valence-electron chi connectivity index (χ1n) is 7.20. The molecule has 0 aliphatic heterocycles. The molecule has 0 aliphatic carbocycles. The van der Waals surface area contributed by atoms with Crippen LogP contribution in [-0.2, 0) is 4.79 Å². The van der Waals surface area contributed by atoms with E-state index in [1.165, 1.54) is 5.56 Å². The van der Waals surface area contributed by atoms with E-state index in [4.69, 9.17) is 5.73 Å². The van der Waals surface area contributed by atoms with Gasteiger partial charge in [0.2, 0.25) is 5.91 Å². The van der Waals surface area contributed by atoms with Crippen molar-refractivity contribution in [3.8, 4) is 0 Å². The van der Waals surface area contributed by atoms with Gasteiger partial charge in [-0.3, -0.25) is 4.79 Å². The highest BCUT2D eigenvalue weighted by Crippen LogP contribution is 1.92. The quantitative estimate of drug-likeness (QED) is 0.742. The molecule has 0 spiro atoms. The molecule has 0 unspecified atom stereocenters. The van der Waals surface area contributed by atoms with Crippen molar-refractivity contribution < 1.29 is 4.79 Å². The summed E-state index contributed by atoms with van der Waals surface area (Å²) < 4.78 is 0. The number of nitrogens with one attached hydrogen (secondary N) is 2. The second-order valence-electron chi connectivity index (χ2n) is 5.26. The highest BCUT2D eigenvalue weighted by molar-refractivity contribution is 5.81. The summed E-state index contributed by atoms with van der Waals surface area (Å²) in [4.78, 5) is 11.3. The molecule has 114 valence electrons. The predicted octanol–water partition coefficient (Wildman–Crippen LogP) is 1.69. The molecule has 0 saturated heterocycles. The number of hydrogen-bond donors (Lipinski definition) is 3. The smallest absolute Gasteiger partial charge is 0.236 e. The van der Waals surface area contributed by atoms with Gasteiger partial charge in [-0.2, -0.15) is 0 Å². The van der Waals surface area contributed by atoms with Crippen molar-refractivity contribution in [3.63, 3.8) is 0 Å². The number of benzene rings is 1. The summed E-state index contributed by atoms with van der Waals surface area (Å²) in [7, 11) is 0. The van der Waals surface area contributed by atoms with Crippen LogP contribution < -0.4 is 16.4 Å². The molecule has 0 bridgehead atoms. The fraction of sp³-hybridized carbons (Fsp3) is 0.562. The Morgan fingerprint density at radius 3 is 2.20 bits per heavy atom. The van der Waals surface area contributed by atoms with Gasteiger partial charge < -0.3 is 16.4 Å². The zero-order chi connectivity index (χ0) is 15.4. The van der Waals surface area contributed by atoms with Gasteiger partial charge in [0.05, 0.1) is 6.04 Å². The zero-order valence-electron chi connectivity index (χ0n) is 13.1. The minimum atomic E-state index is -0.151. The lowest BCUT2D eigenvalue weighted by molar-refractivity contribution is -0.122. The van der Waals surface area contributed by atoms with E-state index in [1.807, 2.05) is 25.1 Å². The standard InChI is InChI=1S/C9H21N3O.C7H8/c1-7(2)6-12-9(13)8(3)11-5-4-10;1-7-5-3-2-4-6-7/h7-8,11H,4-6,10H2,1-3H3,(H,12,13);2-6H,1H3/t8-;/m0./s1. The summed E-state index contributed by atoms with van der Waals surface area (Å²) >= 11 is 0. The van der Waals surface area contributed by atoms with Gasteiger partial charge in [0.1, 0.15) is 0 Å². The molecule has 0 saturated carbocycles. The Morgan fingerprint density at radius 2 is 1.80 bits per heavy atom. The van der Waals surface area contributed by atoms with Gasteiger partial charge in [-0.05, 0) is 19.8 Å². The van der Waals surface area contributed by atoms with Crippen molar-refractivity contribution in [2.24, 2.45) is 11.7 Å². The lowest BCUT2D eigenvalue weighted by atomic mass is 10.2. The van der Waals surface area contributed by atoms with Crippen LogP contribution in [0.5, 0.6) is 0 Å². The average Bonchev–Trinajstić information content (AvgIpc) is 2.43. The number of aryl methyl sites for hydroxylation is 1. The molecule has 0 radical (unpaired) electrons. The minimum absolute atomic E-state index is 0.0437. The maximum Gasteiger partial charge on any atom is 0.236 e. The van der Waals surface area contributed by atoms with Crippen LogP contribution in [-0.4, -0.2) is 31.6 Å².